The number of hydrogen-bond acceptors (Lipinski definition) is 3. The Morgan fingerprint density at radius 2 is 2.00 bits per heavy atom. The van der Waals surface area contributed by atoms with Crippen LogP contribution in [-0.2, 0) is 14.3 Å². The zero-order valence-corrected chi connectivity index (χ0v) is 8.91. The highest BCUT2D eigenvalue weighted by atomic mass is 16.5. The van der Waals surface area contributed by atoms with Gasteiger partial charge < -0.3 is 4.74 Å². The fourth-order valence-electron chi connectivity index (χ4n) is 0.980. The van der Waals surface area contributed by atoms with E-state index in [0.29, 0.717) is 6.42 Å². The zero-order chi connectivity index (χ0) is 10.8. The lowest BCUT2D eigenvalue weighted by Crippen LogP contribution is -2.11. The maximum absolute atomic E-state index is 11.1. The maximum Gasteiger partial charge on any atom is 0.330 e. The summed E-state index contributed by atoms with van der Waals surface area (Å²) in [6.07, 6.45) is 6.43. The van der Waals surface area contributed by atoms with Crippen molar-refractivity contribution in [2.45, 2.75) is 39.5 Å². The first-order valence-electron chi connectivity index (χ1n) is 5.01. The summed E-state index contributed by atoms with van der Waals surface area (Å²) in [5.41, 5.74) is 0. The molecular weight excluding hydrogens is 180 g/mol. The first kappa shape index (κ1) is 12.9. The van der Waals surface area contributed by atoms with E-state index in [0.717, 1.165) is 19.3 Å². The Hall–Kier alpha value is -1.12. The molecule has 0 aromatic rings. The molecule has 0 aliphatic carbocycles. The van der Waals surface area contributed by atoms with Crippen LogP contribution < -0.4 is 0 Å². The smallest absolute Gasteiger partial charge is 0.330 e. The van der Waals surface area contributed by atoms with E-state index in [-0.39, 0.29) is 12.4 Å². The van der Waals surface area contributed by atoms with Gasteiger partial charge in [0.25, 0.3) is 0 Å². The van der Waals surface area contributed by atoms with Crippen LogP contribution in [0.2, 0.25) is 0 Å². The summed E-state index contributed by atoms with van der Waals surface area (Å²) < 4.78 is 4.70. The number of carbonyl (C=O) groups is 2. The molecule has 0 atom stereocenters. The van der Waals surface area contributed by atoms with Crippen molar-refractivity contribution in [1.82, 2.24) is 0 Å². The summed E-state index contributed by atoms with van der Waals surface area (Å²) in [5, 5.41) is 0. The topological polar surface area (TPSA) is 43.4 Å². The summed E-state index contributed by atoms with van der Waals surface area (Å²) in [6.45, 7) is 3.72. The Balaban J connectivity index is 3.48. The van der Waals surface area contributed by atoms with Crippen LogP contribution >= 0.6 is 0 Å². The van der Waals surface area contributed by atoms with Gasteiger partial charge in [-0.3, -0.25) is 4.79 Å². The van der Waals surface area contributed by atoms with E-state index in [1.165, 1.54) is 6.08 Å². The monoisotopic (exact) mass is 198 g/mol. The van der Waals surface area contributed by atoms with Crippen LogP contribution in [0.15, 0.2) is 12.2 Å². The molecule has 0 aromatic heterocycles. The van der Waals surface area contributed by atoms with Gasteiger partial charge in [0.1, 0.15) is 6.61 Å². The predicted octanol–water partition coefficient (Wildman–Crippen LogP) is 2.26. The quantitative estimate of drug-likeness (QED) is 0.358. The summed E-state index contributed by atoms with van der Waals surface area (Å²) in [5.74, 6) is -0.451. The SMILES string of the molecule is CC=CC(=O)OCC(=O)CCCCC. The van der Waals surface area contributed by atoms with Crippen molar-refractivity contribution >= 4 is 11.8 Å². The van der Waals surface area contributed by atoms with Crippen molar-refractivity contribution in [3.8, 4) is 0 Å². The summed E-state index contributed by atoms with van der Waals surface area (Å²) >= 11 is 0. The number of rotatable bonds is 7. The normalized spacial score (nSPS) is 10.4. The van der Waals surface area contributed by atoms with E-state index in [1.54, 1.807) is 13.0 Å². The molecule has 80 valence electrons. The first-order chi connectivity index (χ1) is 6.70. The fourth-order valence-corrected chi connectivity index (χ4v) is 0.980. The van der Waals surface area contributed by atoms with Gasteiger partial charge in [-0.25, -0.2) is 4.79 Å². The number of esters is 1. The Bertz CT molecular complexity index is 207. The van der Waals surface area contributed by atoms with E-state index in [4.69, 9.17) is 4.74 Å². The predicted molar refractivity (Wildman–Crippen MR) is 54.9 cm³/mol. The number of carbonyl (C=O) groups excluding carboxylic acids is 2. The van der Waals surface area contributed by atoms with Crippen molar-refractivity contribution in [3.63, 3.8) is 0 Å². The largest absolute Gasteiger partial charge is 0.455 e. The van der Waals surface area contributed by atoms with E-state index in [1.807, 2.05) is 0 Å². The molecule has 0 rings (SSSR count). The molecule has 0 amide bonds. The molecule has 0 aromatic carbocycles. The molecule has 3 nitrogen and oxygen atoms in total. The average molecular weight is 198 g/mol. The van der Waals surface area contributed by atoms with E-state index in [2.05, 4.69) is 6.92 Å². The van der Waals surface area contributed by atoms with Gasteiger partial charge in [0.15, 0.2) is 5.78 Å². The molecule has 14 heavy (non-hydrogen) atoms. The van der Waals surface area contributed by atoms with Crippen molar-refractivity contribution in [1.29, 1.82) is 0 Å². The van der Waals surface area contributed by atoms with E-state index < -0.39 is 5.97 Å². The summed E-state index contributed by atoms with van der Waals surface area (Å²) in [7, 11) is 0. The number of Topliss-reactive ketones (excluding diaryl/α,β-unsaturated/α-hetero) is 1. The van der Waals surface area contributed by atoms with Crippen LogP contribution in [0.5, 0.6) is 0 Å². The lowest BCUT2D eigenvalue weighted by Gasteiger charge is -2.00. The molecule has 3 heteroatoms. The Kier molecular flexibility index (Phi) is 7.80. The van der Waals surface area contributed by atoms with Gasteiger partial charge >= 0.3 is 5.97 Å². The Morgan fingerprint density at radius 3 is 2.57 bits per heavy atom. The molecular formula is C11H18O3. The Morgan fingerprint density at radius 1 is 1.29 bits per heavy atom. The van der Waals surface area contributed by atoms with Crippen LogP contribution in [0.25, 0.3) is 0 Å². The molecule has 0 radical (unpaired) electrons. The van der Waals surface area contributed by atoms with Crippen LogP contribution in [0.4, 0.5) is 0 Å². The highest BCUT2D eigenvalue weighted by Crippen LogP contribution is 1.99. The van der Waals surface area contributed by atoms with E-state index in [9.17, 15) is 9.59 Å². The van der Waals surface area contributed by atoms with Gasteiger partial charge in [0.05, 0.1) is 0 Å². The van der Waals surface area contributed by atoms with Gasteiger partial charge in [0, 0.05) is 12.5 Å². The molecule has 0 N–H and O–H groups in total. The van der Waals surface area contributed by atoms with Gasteiger partial charge in [-0.2, -0.15) is 0 Å². The zero-order valence-electron chi connectivity index (χ0n) is 8.91. The van der Waals surface area contributed by atoms with Crippen molar-refractivity contribution in [3.05, 3.63) is 12.2 Å². The molecule has 0 bridgehead atoms. The van der Waals surface area contributed by atoms with Gasteiger partial charge in [-0.1, -0.05) is 25.8 Å². The molecule has 0 saturated carbocycles. The number of allylic oxidation sites excluding steroid dienone is 1. The molecule has 0 heterocycles. The third-order valence-electron chi connectivity index (χ3n) is 1.74. The number of unbranched alkanes of at least 4 members (excludes halogenated alkanes) is 2. The lowest BCUT2D eigenvalue weighted by molar-refractivity contribution is -0.143. The van der Waals surface area contributed by atoms with Crippen molar-refractivity contribution in [2.24, 2.45) is 0 Å². The summed E-state index contributed by atoms with van der Waals surface area (Å²) in [4.78, 5) is 21.9. The highest BCUT2D eigenvalue weighted by Gasteiger charge is 2.04. The first-order valence-corrected chi connectivity index (χ1v) is 5.01. The highest BCUT2D eigenvalue weighted by molar-refractivity contribution is 5.86. The lowest BCUT2D eigenvalue weighted by atomic mass is 10.1. The minimum atomic E-state index is -0.448. The molecule has 0 aliphatic heterocycles. The number of ketones is 1. The van der Waals surface area contributed by atoms with Gasteiger partial charge in [0.2, 0.25) is 0 Å². The van der Waals surface area contributed by atoms with Crippen LogP contribution in [0.3, 0.4) is 0 Å². The standard InChI is InChI=1S/C11H18O3/c1-3-5-6-8-10(12)9-14-11(13)7-4-2/h4,7H,3,5-6,8-9H2,1-2H3. The van der Waals surface area contributed by atoms with E-state index >= 15 is 0 Å². The molecule has 0 fully saturated rings. The maximum atomic E-state index is 11.1. The fraction of sp³-hybridized carbons (Fsp3) is 0.636. The summed E-state index contributed by atoms with van der Waals surface area (Å²) in [6, 6.07) is 0. The van der Waals surface area contributed by atoms with Crippen LogP contribution in [0, 0.1) is 0 Å². The minimum Gasteiger partial charge on any atom is -0.455 e. The minimum absolute atomic E-state index is 0.00342. The van der Waals surface area contributed by atoms with Gasteiger partial charge in [-0.05, 0) is 13.3 Å². The van der Waals surface area contributed by atoms with Crippen LogP contribution in [-0.4, -0.2) is 18.4 Å². The number of ether oxygens (including phenoxy) is 1. The average Bonchev–Trinajstić information content (AvgIpc) is 2.16. The third-order valence-corrected chi connectivity index (χ3v) is 1.74. The molecule has 0 aliphatic rings. The molecule has 0 spiro atoms. The Labute approximate surface area is 85.1 Å². The molecule has 0 unspecified atom stereocenters. The third kappa shape index (κ3) is 7.53. The van der Waals surface area contributed by atoms with Crippen molar-refractivity contribution < 1.29 is 14.3 Å². The second kappa shape index (κ2) is 8.48. The van der Waals surface area contributed by atoms with Crippen LogP contribution in [0.1, 0.15) is 39.5 Å². The second-order valence-electron chi connectivity index (χ2n) is 3.10. The van der Waals surface area contributed by atoms with Crippen molar-refractivity contribution in [2.75, 3.05) is 6.61 Å². The second-order valence-corrected chi connectivity index (χ2v) is 3.10. The molecule has 0 saturated heterocycles. The number of hydrogen-bond donors (Lipinski definition) is 0. The van der Waals surface area contributed by atoms with Gasteiger partial charge in [-0.15, -0.1) is 0 Å².